The van der Waals surface area contributed by atoms with E-state index in [4.69, 9.17) is 9.15 Å². The van der Waals surface area contributed by atoms with Crippen LogP contribution in [0.1, 0.15) is 11.3 Å². The van der Waals surface area contributed by atoms with Crippen LogP contribution in [0.5, 0.6) is 5.75 Å². The van der Waals surface area contributed by atoms with Crippen molar-refractivity contribution in [3.8, 4) is 17.1 Å². The van der Waals surface area contributed by atoms with Crippen LogP contribution < -0.4 is 10.2 Å². The van der Waals surface area contributed by atoms with Gasteiger partial charge < -0.3 is 9.15 Å². The smallest absolute Gasteiger partial charge is 0.277 e. The highest BCUT2D eigenvalue weighted by Gasteiger charge is 2.04. The molecule has 2 aromatic carbocycles. The van der Waals surface area contributed by atoms with Gasteiger partial charge in [0.15, 0.2) is 6.61 Å². The van der Waals surface area contributed by atoms with Crippen LogP contribution in [0.4, 0.5) is 0 Å². The van der Waals surface area contributed by atoms with Gasteiger partial charge in [-0.05, 0) is 65.9 Å². The summed E-state index contributed by atoms with van der Waals surface area (Å²) in [7, 11) is 0. The van der Waals surface area contributed by atoms with Crippen LogP contribution in [0.3, 0.4) is 0 Å². The van der Waals surface area contributed by atoms with Crippen molar-refractivity contribution in [2.45, 2.75) is 6.92 Å². The standard InChI is InChI=1S/C20H17IN2O3/c1-14-2-8-17(9-3-14)25-13-20(24)23-22-12-18-10-11-19(26-18)15-4-6-16(21)7-5-15/h2-12H,13H2,1H3,(H,23,24)/b22-12+. The van der Waals surface area contributed by atoms with Gasteiger partial charge in [0, 0.05) is 9.13 Å². The average molecular weight is 460 g/mol. The van der Waals surface area contributed by atoms with E-state index in [1.54, 1.807) is 6.07 Å². The first-order chi connectivity index (χ1) is 12.6. The fourth-order valence-electron chi connectivity index (χ4n) is 2.18. The van der Waals surface area contributed by atoms with Gasteiger partial charge in [-0.3, -0.25) is 4.79 Å². The van der Waals surface area contributed by atoms with Gasteiger partial charge >= 0.3 is 0 Å². The van der Waals surface area contributed by atoms with E-state index in [2.05, 4.69) is 33.1 Å². The molecule has 1 N–H and O–H groups in total. The van der Waals surface area contributed by atoms with Gasteiger partial charge in [-0.15, -0.1) is 0 Å². The first-order valence-corrected chi connectivity index (χ1v) is 9.05. The van der Waals surface area contributed by atoms with Crippen molar-refractivity contribution in [3.63, 3.8) is 0 Å². The number of hydrogen-bond donors (Lipinski definition) is 1. The van der Waals surface area contributed by atoms with Crippen molar-refractivity contribution in [1.29, 1.82) is 0 Å². The van der Waals surface area contributed by atoms with Crippen molar-refractivity contribution in [2.75, 3.05) is 6.61 Å². The van der Waals surface area contributed by atoms with Crippen molar-refractivity contribution < 1.29 is 13.9 Å². The quantitative estimate of drug-likeness (QED) is 0.337. The van der Waals surface area contributed by atoms with E-state index in [1.165, 1.54) is 6.21 Å². The highest BCUT2D eigenvalue weighted by atomic mass is 127. The molecule has 1 aromatic heterocycles. The summed E-state index contributed by atoms with van der Waals surface area (Å²) in [6, 6.07) is 19.2. The summed E-state index contributed by atoms with van der Waals surface area (Å²) in [6.45, 7) is 1.89. The van der Waals surface area contributed by atoms with E-state index in [0.717, 1.165) is 20.5 Å². The Labute approximate surface area is 165 Å². The Bertz CT molecular complexity index is 900. The van der Waals surface area contributed by atoms with E-state index in [0.29, 0.717) is 11.5 Å². The fraction of sp³-hybridized carbons (Fsp3) is 0.100. The Morgan fingerprint density at radius 3 is 2.58 bits per heavy atom. The molecular weight excluding hydrogens is 443 g/mol. The molecule has 0 fully saturated rings. The third kappa shape index (κ3) is 5.19. The molecule has 3 aromatic rings. The van der Waals surface area contributed by atoms with Crippen molar-refractivity contribution in [3.05, 3.63) is 75.6 Å². The highest BCUT2D eigenvalue weighted by Crippen LogP contribution is 2.22. The van der Waals surface area contributed by atoms with Gasteiger partial charge in [-0.25, -0.2) is 5.43 Å². The Morgan fingerprint density at radius 2 is 1.85 bits per heavy atom. The second-order valence-corrected chi connectivity index (χ2v) is 6.85. The van der Waals surface area contributed by atoms with E-state index in [-0.39, 0.29) is 12.5 Å². The number of ether oxygens (including phenoxy) is 1. The van der Waals surface area contributed by atoms with Gasteiger partial charge in [-0.2, -0.15) is 5.10 Å². The Hall–Kier alpha value is -2.61. The van der Waals surface area contributed by atoms with E-state index in [1.807, 2.05) is 61.5 Å². The molecule has 1 heterocycles. The summed E-state index contributed by atoms with van der Waals surface area (Å²) in [5.74, 6) is 1.60. The molecule has 0 bridgehead atoms. The lowest BCUT2D eigenvalue weighted by atomic mass is 10.2. The molecule has 0 aliphatic carbocycles. The number of hydrogen-bond acceptors (Lipinski definition) is 4. The third-order valence-electron chi connectivity index (χ3n) is 3.53. The SMILES string of the molecule is Cc1ccc(OCC(=O)N/N=C/c2ccc(-c3ccc(I)cc3)o2)cc1. The second-order valence-electron chi connectivity index (χ2n) is 5.60. The van der Waals surface area contributed by atoms with Gasteiger partial charge in [0.25, 0.3) is 5.91 Å². The summed E-state index contributed by atoms with van der Waals surface area (Å²) in [5, 5.41) is 3.89. The lowest BCUT2D eigenvalue weighted by Crippen LogP contribution is -2.24. The number of aryl methyl sites for hydroxylation is 1. The summed E-state index contributed by atoms with van der Waals surface area (Å²) in [5.41, 5.74) is 4.53. The normalized spacial score (nSPS) is 10.8. The number of amides is 1. The van der Waals surface area contributed by atoms with Crippen molar-refractivity contribution >= 4 is 34.7 Å². The van der Waals surface area contributed by atoms with Crippen LogP contribution >= 0.6 is 22.6 Å². The number of hydrazone groups is 1. The molecule has 0 aliphatic heterocycles. The molecule has 132 valence electrons. The minimum absolute atomic E-state index is 0.105. The molecule has 26 heavy (non-hydrogen) atoms. The zero-order chi connectivity index (χ0) is 18.4. The topological polar surface area (TPSA) is 63.8 Å². The maximum Gasteiger partial charge on any atom is 0.277 e. The molecule has 0 aliphatic rings. The lowest BCUT2D eigenvalue weighted by Gasteiger charge is -2.04. The predicted molar refractivity (Wildman–Crippen MR) is 109 cm³/mol. The van der Waals surface area contributed by atoms with Crippen LogP contribution in [0, 0.1) is 10.5 Å². The number of halogens is 1. The van der Waals surface area contributed by atoms with E-state index in [9.17, 15) is 4.79 Å². The molecular formula is C20H17IN2O3. The molecule has 0 saturated heterocycles. The molecule has 5 nitrogen and oxygen atoms in total. The number of nitrogens with zero attached hydrogens (tertiary/aromatic N) is 1. The van der Waals surface area contributed by atoms with E-state index >= 15 is 0 Å². The van der Waals surface area contributed by atoms with Gasteiger partial charge in [0.2, 0.25) is 0 Å². The number of nitrogens with one attached hydrogen (secondary N) is 1. The Kier molecular flexibility index (Phi) is 6.06. The number of rotatable bonds is 6. The Balaban J connectivity index is 1.49. The first kappa shape index (κ1) is 18.2. The van der Waals surface area contributed by atoms with Crippen LogP contribution in [-0.4, -0.2) is 18.7 Å². The van der Waals surface area contributed by atoms with Gasteiger partial charge in [-0.1, -0.05) is 29.8 Å². The molecule has 6 heteroatoms. The van der Waals surface area contributed by atoms with Crippen molar-refractivity contribution in [2.24, 2.45) is 5.10 Å². The monoisotopic (exact) mass is 460 g/mol. The van der Waals surface area contributed by atoms with Crippen LogP contribution in [0.2, 0.25) is 0 Å². The minimum Gasteiger partial charge on any atom is -0.484 e. The summed E-state index contributed by atoms with van der Waals surface area (Å²) in [4.78, 5) is 11.8. The average Bonchev–Trinajstić information content (AvgIpc) is 3.11. The maximum atomic E-state index is 11.8. The number of carbonyl (C=O) groups excluding carboxylic acids is 1. The van der Waals surface area contributed by atoms with Crippen molar-refractivity contribution in [1.82, 2.24) is 5.43 Å². The molecule has 0 saturated carbocycles. The molecule has 0 unspecified atom stereocenters. The maximum absolute atomic E-state index is 11.8. The molecule has 0 spiro atoms. The number of carbonyl (C=O) groups is 1. The largest absolute Gasteiger partial charge is 0.484 e. The summed E-state index contributed by atoms with van der Waals surface area (Å²) in [6.07, 6.45) is 1.46. The zero-order valence-electron chi connectivity index (χ0n) is 14.1. The van der Waals surface area contributed by atoms with E-state index < -0.39 is 0 Å². The zero-order valence-corrected chi connectivity index (χ0v) is 16.3. The fourth-order valence-corrected chi connectivity index (χ4v) is 2.53. The molecule has 0 radical (unpaired) electrons. The number of benzene rings is 2. The minimum atomic E-state index is -0.341. The third-order valence-corrected chi connectivity index (χ3v) is 4.25. The first-order valence-electron chi connectivity index (χ1n) is 7.97. The highest BCUT2D eigenvalue weighted by molar-refractivity contribution is 14.1. The second kappa shape index (κ2) is 8.66. The number of furan rings is 1. The van der Waals surface area contributed by atoms with Crippen LogP contribution in [-0.2, 0) is 4.79 Å². The molecule has 3 rings (SSSR count). The van der Waals surface area contributed by atoms with Crippen LogP contribution in [0.25, 0.3) is 11.3 Å². The molecule has 0 atom stereocenters. The van der Waals surface area contributed by atoms with Gasteiger partial charge in [0.1, 0.15) is 17.3 Å². The van der Waals surface area contributed by atoms with Gasteiger partial charge in [0.05, 0.1) is 6.21 Å². The Morgan fingerprint density at radius 1 is 1.12 bits per heavy atom. The molecule has 1 amide bonds. The lowest BCUT2D eigenvalue weighted by molar-refractivity contribution is -0.123. The summed E-state index contributed by atoms with van der Waals surface area (Å²) >= 11 is 2.25. The predicted octanol–water partition coefficient (Wildman–Crippen LogP) is 4.39. The van der Waals surface area contributed by atoms with Crippen LogP contribution in [0.15, 0.2) is 70.2 Å². The summed E-state index contributed by atoms with van der Waals surface area (Å²) < 4.78 is 12.2.